The van der Waals surface area contributed by atoms with Crippen molar-refractivity contribution >= 4 is 43.6 Å². The molecule has 0 atom stereocenters. The van der Waals surface area contributed by atoms with Gasteiger partial charge in [0.15, 0.2) is 0 Å². The highest BCUT2D eigenvalue weighted by molar-refractivity contribution is 7.72. The number of hydrogen-bond donors (Lipinski definition) is 1. The molecule has 0 fully saturated rings. The summed E-state index contributed by atoms with van der Waals surface area (Å²) < 4.78 is 4.93. The number of nitrogens with one attached hydrogen (secondary N) is 1. The van der Waals surface area contributed by atoms with Crippen LogP contribution in [0.25, 0.3) is 0 Å². The molecule has 0 aromatic heterocycles. The molecule has 0 saturated carbocycles. The average Bonchev–Trinajstić information content (AvgIpc) is 2.86. The van der Waals surface area contributed by atoms with E-state index in [0.717, 1.165) is 0 Å². The van der Waals surface area contributed by atoms with Gasteiger partial charge in [-0.1, -0.05) is 121 Å². The van der Waals surface area contributed by atoms with Gasteiger partial charge in [0, 0.05) is 33.6 Å². The predicted molar refractivity (Wildman–Crippen MR) is 139 cm³/mol. The Labute approximate surface area is 187 Å². The summed E-state index contributed by atoms with van der Waals surface area (Å²) in [5.41, 5.74) is 0. The molecule has 152 valence electrons. The normalized spacial score (nSPS) is 11.5. The third-order valence-corrected chi connectivity index (χ3v) is 8.57. The lowest BCUT2D eigenvalue weighted by atomic mass is 10.4. The Hall–Kier alpha value is -3.05. The standard InChI is InChI=1S/C27H24N2P2/c1-5-14-24(15-6-1)30(25-16-7-2-8-17-25)28-22-13-23-29-31(26-18-9-3-10-19-26)27-20-11-4-12-21-27/h1-23,28H/b22-13+,29-23+. The fourth-order valence-corrected chi connectivity index (χ4v) is 6.59. The topological polar surface area (TPSA) is 24.4 Å². The molecule has 0 heterocycles. The summed E-state index contributed by atoms with van der Waals surface area (Å²) in [6, 6.07) is 42.2. The first-order valence-corrected chi connectivity index (χ1v) is 12.8. The van der Waals surface area contributed by atoms with Gasteiger partial charge in [0.1, 0.15) is 0 Å². The monoisotopic (exact) mass is 438 g/mol. The molecule has 0 bridgehead atoms. The van der Waals surface area contributed by atoms with Gasteiger partial charge < -0.3 is 5.09 Å². The van der Waals surface area contributed by atoms with E-state index in [-0.39, 0.29) is 0 Å². The fraction of sp³-hybridized carbons (Fsp3) is 0. The van der Waals surface area contributed by atoms with Crippen LogP contribution in [-0.2, 0) is 0 Å². The lowest BCUT2D eigenvalue weighted by Gasteiger charge is -2.18. The zero-order chi connectivity index (χ0) is 21.1. The molecule has 0 amide bonds. The molecule has 0 radical (unpaired) electrons. The number of rotatable bonds is 8. The van der Waals surface area contributed by atoms with Crippen molar-refractivity contribution in [2.75, 3.05) is 0 Å². The van der Waals surface area contributed by atoms with Crippen LogP contribution in [0.1, 0.15) is 0 Å². The van der Waals surface area contributed by atoms with E-state index in [2.05, 4.69) is 114 Å². The maximum atomic E-state index is 4.93. The van der Waals surface area contributed by atoms with E-state index in [1.165, 1.54) is 21.2 Å². The largest absolute Gasteiger partial charge is 0.363 e. The van der Waals surface area contributed by atoms with Gasteiger partial charge in [-0.2, -0.15) is 0 Å². The fourth-order valence-electron chi connectivity index (χ4n) is 3.14. The molecular formula is C27H24N2P2. The van der Waals surface area contributed by atoms with Gasteiger partial charge in [-0.25, -0.2) is 0 Å². The number of allylic oxidation sites excluding steroid dienone is 1. The predicted octanol–water partition coefficient (Wildman–Crippen LogP) is 5.26. The van der Waals surface area contributed by atoms with Crippen molar-refractivity contribution in [1.29, 1.82) is 0 Å². The number of benzene rings is 4. The zero-order valence-electron chi connectivity index (χ0n) is 17.1. The Balaban J connectivity index is 1.51. The summed E-state index contributed by atoms with van der Waals surface area (Å²) >= 11 is 0. The summed E-state index contributed by atoms with van der Waals surface area (Å²) in [7, 11) is -1.44. The van der Waals surface area contributed by atoms with Gasteiger partial charge >= 0.3 is 0 Å². The quantitative estimate of drug-likeness (QED) is 0.295. The van der Waals surface area contributed by atoms with Crippen LogP contribution in [0.2, 0.25) is 0 Å². The molecular weight excluding hydrogens is 414 g/mol. The molecule has 0 unspecified atom stereocenters. The minimum Gasteiger partial charge on any atom is -0.363 e. The average molecular weight is 438 g/mol. The Bertz CT molecular complexity index is 1020. The van der Waals surface area contributed by atoms with E-state index in [1.807, 2.05) is 30.6 Å². The lowest BCUT2D eigenvalue weighted by molar-refractivity contribution is 1.40. The van der Waals surface area contributed by atoms with Crippen LogP contribution in [0.15, 0.2) is 138 Å². The third kappa shape index (κ3) is 5.98. The molecule has 4 heteroatoms. The molecule has 0 saturated heterocycles. The van der Waals surface area contributed by atoms with Crippen molar-refractivity contribution in [2.45, 2.75) is 0 Å². The highest BCUT2D eigenvalue weighted by atomic mass is 31.1. The van der Waals surface area contributed by atoms with Crippen molar-refractivity contribution in [1.82, 2.24) is 5.09 Å². The summed E-state index contributed by atoms with van der Waals surface area (Å²) in [4.78, 5) is 0. The summed E-state index contributed by atoms with van der Waals surface area (Å²) in [6.07, 6.45) is 5.93. The van der Waals surface area contributed by atoms with E-state index in [0.29, 0.717) is 0 Å². The Morgan fingerprint density at radius 2 is 0.903 bits per heavy atom. The van der Waals surface area contributed by atoms with Crippen molar-refractivity contribution in [3.05, 3.63) is 134 Å². The van der Waals surface area contributed by atoms with Gasteiger partial charge in [0.25, 0.3) is 0 Å². The second-order valence-electron chi connectivity index (χ2n) is 6.74. The van der Waals surface area contributed by atoms with Crippen LogP contribution in [0.4, 0.5) is 0 Å². The van der Waals surface area contributed by atoms with Gasteiger partial charge in [-0.15, -0.1) is 0 Å². The second-order valence-corrected chi connectivity index (χ2v) is 10.6. The van der Waals surface area contributed by atoms with E-state index in [1.54, 1.807) is 0 Å². The first-order valence-electron chi connectivity index (χ1n) is 10.2. The highest BCUT2D eigenvalue weighted by Gasteiger charge is 2.12. The Kier molecular flexibility index (Phi) is 7.77. The molecule has 31 heavy (non-hydrogen) atoms. The SMILES string of the molecule is C(=C\NP(c1ccccc1)c1ccccc1)/C=N/P(c1ccccc1)c1ccccc1. The summed E-state index contributed by atoms with van der Waals surface area (Å²) in [6.45, 7) is 0. The number of hydrogen-bond acceptors (Lipinski definition) is 2. The smallest absolute Gasteiger partial charge is 0.0779 e. The summed E-state index contributed by atoms with van der Waals surface area (Å²) in [5.74, 6) is 0. The van der Waals surface area contributed by atoms with E-state index < -0.39 is 16.1 Å². The second kappa shape index (κ2) is 11.4. The van der Waals surface area contributed by atoms with E-state index in [4.69, 9.17) is 4.76 Å². The molecule has 0 aliphatic heterocycles. The van der Waals surface area contributed by atoms with E-state index in [9.17, 15) is 0 Å². The molecule has 4 rings (SSSR count). The van der Waals surface area contributed by atoms with Gasteiger partial charge in [0.2, 0.25) is 0 Å². The maximum absolute atomic E-state index is 4.93. The van der Waals surface area contributed by atoms with Crippen LogP contribution >= 0.6 is 16.1 Å². The highest BCUT2D eigenvalue weighted by Crippen LogP contribution is 2.34. The van der Waals surface area contributed by atoms with Crippen molar-refractivity contribution in [3.8, 4) is 0 Å². The van der Waals surface area contributed by atoms with Crippen molar-refractivity contribution in [2.24, 2.45) is 4.76 Å². The molecule has 1 N–H and O–H groups in total. The molecule has 0 aliphatic rings. The van der Waals surface area contributed by atoms with Gasteiger partial charge in [-0.05, 0) is 6.08 Å². The maximum Gasteiger partial charge on any atom is 0.0779 e. The third-order valence-electron chi connectivity index (χ3n) is 4.60. The van der Waals surface area contributed by atoms with Crippen LogP contribution < -0.4 is 26.3 Å². The lowest BCUT2D eigenvalue weighted by Crippen LogP contribution is -2.19. The molecule has 4 aromatic carbocycles. The van der Waals surface area contributed by atoms with E-state index >= 15 is 0 Å². The van der Waals surface area contributed by atoms with Gasteiger partial charge in [0.05, 0.1) is 16.1 Å². The minimum absolute atomic E-state index is 0.664. The molecule has 2 nitrogen and oxygen atoms in total. The van der Waals surface area contributed by atoms with Crippen molar-refractivity contribution < 1.29 is 0 Å². The summed E-state index contributed by atoms with van der Waals surface area (Å²) in [5, 5.41) is 8.69. The minimum atomic E-state index is -0.775. The van der Waals surface area contributed by atoms with Crippen LogP contribution in [-0.4, -0.2) is 6.21 Å². The van der Waals surface area contributed by atoms with Crippen LogP contribution in [0, 0.1) is 0 Å². The number of nitrogens with zero attached hydrogens (tertiary/aromatic N) is 1. The first-order chi connectivity index (χ1) is 15.4. The Morgan fingerprint density at radius 1 is 0.516 bits per heavy atom. The Morgan fingerprint density at radius 3 is 1.32 bits per heavy atom. The van der Waals surface area contributed by atoms with Crippen molar-refractivity contribution in [3.63, 3.8) is 0 Å². The van der Waals surface area contributed by atoms with Crippen LogP contribution in [0.5, 0.6) is 0 Å². The van der Waals surface area contributed by atoms with Crippen LogP contribution in [0.3, 0.4) is 0 Å². The first kappa shape index (κ1) is 21.2. The molecule has 4 aromatic rings. The van der Waals surface area contributed by atoms with Gasteiger partial charge in [-0.3, -0.25) is 4.76 Å². The molecule has 0 aliphatic carbocycles. The molecule has 0 spiro atoms. The zero-order valence-corrected chi connectivity index (χ0v) is 18.9.